The van der Waals surface area contributed by atoms with Gasteiger partial charge in [-0.25, -0.2) is 0 Å². The molecule has 0 bridgehead atoms. The molecule has 0 saturated carbocycles. The lowest BCUT2D eigenvalue weighted by atomic mass is 10.0. The fraction of sp³-hybridized carbons (Fsp3) is 0.714. The smallest absolute Gasteiger partial charge is 0.303 e. The van der Waals surface area contributed by atoms with Crippen molar-refractivity contribution in [1.82, 2.24) is 5.32 Å². The van der Waals surface area contributed by atoms with Gasteiger partial charge in [0.15, 0.2) is 0 Å². The van der Waals surface area contributed by atoms with Crippen LogP contribution in [0.15, 0.2) is 12.2 Å². The summed E-state index contributed by atoms with van der Waals surface area (Å²) in [4.78, 5) is 22.0. The third-order valence-corrected chi connectivity index (χ3v) is 3.37. The van der Waals surface area contributed by atoms with E-state index in [4.69, 9.17) is 5.11 Å². The average Bonchev–Trinajstić information content (AvgIpc) is 2.79. The number of hydrogen-bond acceptors (Lipinski definition) is 2. The third kappa shape index (κ3) is 6.42. The molecule has 0 heterocycles. The van der Waals surface area contributed by atoms with Crippen molar-refractivity contribution in [2.24, 2.45) is 11.8 Å². The summed E-state index contributed by atoms with van der Waals surface area (Å²) in [6.07, 6.45) is 8.74. The highest BCUT2D eigenvalue weighted by Gasteiger charge is 2.13. The molecule has 4 heteroatoms. The SMILES string of the molecule is CC(CCNC(=O)CC1C=CCC1)CCC(=O)O. The molecule has 1 aliphatic rings. The Kier molecular flexibility index (Phi) is 6.47. The summed E-state index contributed by atoms with van der Waals surface area (Å²) >= 11 is 0. The Morgan fingerprint density at radius 3 is 2.83 bits per heavy atom. The van der Waals surface area contributed by atoms with E-state index in [0.717, 1.165) is 19.3 Å². The van der Waals surface area contributed by atoms with Crippen LogP contribution >= 0.6 is 0 Å². The van der Waals surface area contributed by atoms with E-state index >= 15 is 0 Å². The Morgan fingerprint density at radius 2 is 2.22 bits per heavy atom. The Balaban J connectivity index is 2.03. The van der Waals surface area contributed by atoms with Gasteiger partial charge >= 0.3 is 5.97 Å². The average molecular weight is 253 g/mol. The molecule has 102 valence electrons. The van der Waals surface area contributed by atoms with Crippen molar-refractivity contribution < 1.29 is 14.7 Å². The molecule has 0 aromatic carbocycles. The van der Waals surface area contributed by atoms with Crippen LogP contribution in [0.4, 0.5) is 0 Å². The van der Waals surface area contributed by atoms with Crippen LogP contribution in [0.5, 0.6) is 0 Å². The number of carbonyl (C=O) groups excluding carboxylic acids is 1. The Morgan fingerprint density at radius 1 is 1.44 bits per heavy atom. The highest BCUT2D eigenvalue weighted by molar-refractivity contribution is 5.76. The lowest BCUT2D eigenvalue weighted by molar-refractivity contribution is -0.137. The molecule has 2 atom stereocenters. The molecule has 1 amide bonds. The van der Waals surface area contributed by atoms with Crippen molar-refractivity contribution in [1.29, 1.82) is 0 Å². The second kappa shape index (κ2) is 7.90. The number of amides is 1. The highest BCUT2D eigenvalue weighted by Crippen LogP contribution is 2.20. The molecule has 1 rings (SSSR count). The fourth-order valence-electron chi connectivity index (χ4n) is 2.15. The van der Waals surface area contributed by atoms with Crippen molar-refractivity contribution in [2.45, 2.75) is 45.4 Å². The summed E-state index contributed by atoms with van der Waals surface area (Å²) in [6.45, 7) is 2.67. The maximum atomic E-state index is 11.6. The van der Waals surface area contributed by atoms with Crippen LogP contribution in [0.1, 0.15) is 45.4 Å². The number of carboxylic acid groups (broad SMARTS) is 1. The van der Waals surface area contributed by atoms with Gasteiger partial charge in [-0.15, -0.1) is 0 Å². The summed E-state index contributed by atoms with van der Waals surface area (Å²) in [5, 5.41) is 11.5. The predicted octanol–water partition coefficient (Wildman–Crippen LogP) is 2.35. The zero-order valence-corrected chi connectivity index (χ0v) is 11.0. The number of carbonyl (C=O) groups is 2. The molecule has 0 aromatic rings. The van der Waals surface area contributed by atoms with E-state index in [2.05, 4.69) is 17.5 Å². The van der Waals surface area contributed by atoms with E-state index < -0.39 is 5.97 Å². The maximum Gasteiger partial charge on any atom is 0.303 e. The summed E-state index contributed by atoms with van der Waals surface area (Å²) < 4.78 is 0. The van der Waals surface area contributed by atoms with Crippen molar-refractivity contribution in [3.8, 4) is 0 Å². The molecule has 18 heavy (non-hydrogen) atoms. The minimum absolute atomic E-state index is 0.108. The quantitative estimate of drug-likeness (QED) is 0.652. The van der Waals surface area contributed by atoms with Gasteiger partial charge in [-0.2, -0.15) is 0 Å². The van der Waals surface area contributed by atoms with Gasteiger partial charge in [-0.1, -0.05) is 19.1 Å². The molecule has 0 aromatic heterocycles. The Bertz CT molecular complexity index is 312. The molecule has 0 fully saturated rings. The molecule has 1 aliphatic carbocycles. The van der Waals surface area contributed by atoms with E-state index in [0.29, 0.717) is 31.2 Å². The van der Waals surface area contributed by atoms with Gasteiger partial charge in [0.1, 0.15) is 0 Å². The number of rotatable bonds is 8. The summed E-state index contributed by atoms with van der Waals surface area (Å²) in [5.74, 6) is 0.109. The van der Waals surface area contributed by atoms with Gasteiger partial charge in [-0.3, -0.25) is 9.59 Å². The first-order chi connectivity index (χ1) is 8.58. The van der Waals surface area contributed by atoms with E-state index in [-0.39, 0.29) is 12.3 Å². The van der Waals surface area contributed by atoms with Gasteiger partial charge < -0.3 is 10.4 Å². The zero-order chi connectivity index (χ0) is 13.4. The largest absolute Gasteiger partial charge is 0.481 e. The van der Waals surface area contributed by atoms with Gasteiger partial charge in [0, 0.05) is 19.4 Å². The van der Waals surface area contributed by atoms with Crippen molar-refractivity contribution in [3.05, 3.63) is 12.2 Å². The second-order valence-electron chi connectivity index (χ2n) is 5.15. The Labute approximate surface area is 108 Å². The van der Waals surface area contributed by atoms with Gasteiger partial charge in [0.25, 0.3) is 0 Å². The van der Waals surface area contributed by atoms with E-state index in [1.807, 2.05) is 6.92 Å². The van der Waals surface area contributed by atoms with Crippen LogP contribution in [-0.4, -0.2) is 23.5 Å². The molecule has 2 unspecified atom stereocenters. The van der Waals surface area contributed by atoms with E-state index in [9.17, 15) is 9.59 Å². The first kappa shape index (κ1) is 14.7. The molecule has 0 saturated heterocycles. The number of carboxylic acids is 1. The third-order valence-electron chi connectivity index (χ3n) is 3.37. The molecule has 0 radical (unpaired) electrons. The standard InChI is InChI=1S/C14H23NO3/c1-11(6-7-14(17)18)8-9-15-13(16)10-12-4-2-3-5-12/h2,4,11-12H,3,5-10H2,1H3,(H,15,16)(H,17,18). The highest BCUT2D eigenvalue weighted by atomic mass is 16.4. The normalized spacial score (nSPS) is 19.7. The first-order valence-corrected chi connectivity index (χ1v) is 6.73. The molecule has 0 spiro atoms. The van der Waals surface area contributed by atoms with Crippen LogP contribution in [0.3, 0.4) is 0 Å². The summed E-state index contributed by atoms with van der Waals surface area (Å²) in [5.41, 5.74) is 0. The molecular weight excluding hydrogens is 230 g/mol. The van der Waals surface area contributed by atoms with Crippen LogP contribution in [0.2, 0.25) is 0 Å². The minimum Gasteiger partial charge on any atom is -0.481 e. The summed E-state index contributed by atoms with van der Waals surface area (Å²) in [7, 11) is 0. The first-order valence-electron chi connectivity index (χ1n) is 6.73. The van der Waals surface area contributed by atoms with Crippen LogP contribution in [0, 0.1) is 11.8 Å². The summed E-state index contributed by atoms with van der Waals surface area (Å²) in [6, 6.07) is 0. The zero-order valence-electron chi connectivity index (χ0n) is 11.0. The number of aliphatic carboxylic acids is 1. The second-order valence-corrected chi connectivity index (χ2v) is 5.15. The van der Waals surface area contributed by atoms with Crippen molar-refractivity contribution >= 4 is 11.9 Å². The van der Waals surface area contributed by atoms with E-state index in [1.54, 1.807) is 0 Å². The van der Waals surface area contributed by atoms with Crippen LogP contribution in [-0.2, 0) is 9.59 Å². The predicted molar refractivity (Wildman–Crippen MR) is 70.1 cm³/mol. The van der Waals surface area contributed by atoms with Gasteiger partial charge in [0.2, 0.25) is 5.91 Å². The molecule has 4 nitrogen and oxygen atoms in total. The van der Waals surface area contributed by atoms with E-state index in [1.165, 1.54) is 0 Å². The lowest BCUT2D eigenvalue weighted by Crippen LogP contribution is -2.27. The van der Waals surface area contributed by atoms with Gasteiger partial charge in [0.05, 0.1) is 0 Å². The van der Waals surface area contributed by atoms with Gasteiger partial charge in [-0.05, 0) is 37.5 Å². The number of nitrogens with one attached hydrogen (secondary N) is 1. The molecule has 2 N–H and O–H groups in total. The fourth-order valence-corrected chi connectivity index (χ4v) is 2.15. The van der Waals surface area contributed by atoms with Crippen molar-refractivity contribution in [3.63, 3.8) is 0 Å². The van der Waals surface area contributed by atoms with Crippen LogP contribution < -0.4 is 5.32 Å². The minimum atomic E-state index is -0.751. The monoisotopic (exact) mass is 253 g/mol. The topological polar surface area (TPSA) is 66.4 Å². The Hall–Kier alpha value is -1.32. The van der Waals surface area contributed by atoms with Crippen molar-refractivity contribution in [2.75, 3.05) is 6.54 Å². The van der Waals surface area contributed by atoms with Crippen LogP contribution in [0.25, 0.3) is 0 Å². The molecule has 0 aliphatic heterocycles. The molecular formula is C14H23NO3. The maximum absolute atomic E-state index is 11.6. The number of hydrogen-bond donors (Lipinski definition) is 2. The number of allylic oxidation sites excluding steroid dienone is 2. The lowest BCUT2D eigenvalue weighted by Gasteiger charge is -2.12.